The maximum atomic E-state index is 4.59. The van der Waals surface area contributed by atoms with E-state index in [9.17, 15) is 0 Å². The lowest BCUT2D eigenvalue weighted by Gasteiger charge is -2.22. The van der Waals surface area contributed by atoms with E-state index in [1.54, 1.807) is 11.3 Å². The average molecular weight is 234 g/mol. The van der Waals surface area contributed by atoms with Crippen molar-refractivity contribution in [3.63, 3.8) is 0 Å². The molecule has 2 nitrogen and oxygen atoms in total. The molecule has 0 aliphatic rings. The van der Waals surface area contributed by atoms with Crippen LogP contribution in [0.2, 0.25) is 0 Å². The molecule has 0 radical (unpaired) electrons. The molecule has 16 heavy (non-hydrogen) atoms. The first-order valence-electron chi connectivity index (χ1n) is 5.77. The smallest absolute Gasteiger partial charge is 0.0536 e. The minimum atomic E-state index is 0.461. The zero-order chi connectivity index (χ0) is 11.5. The van der Waals surface area contributed by atoms with E-state index in [2.05, 4.69) is 41.7 Å². The van der Waals surface area contributed by atoms with E-state index < -0.39 is 0 Å². The van der Waals surface area contributed by atoms with Crippen molar-refractivity contribution in [1.29, 1.82) is 0 Å². The van der Waals surface area contributed by atoms with Crippen molar-refractivity contribution in [2.24, 2.45) is 0 Å². The van der Waals surface area contributed by atoms with Gasteiger partial charge in [-0.1, -0.05) is 6.92 Å². The molecule has 0 aliphatic heterocycles. The number of thiophene rings is 1. The van der Waals surface area contributed by atoms with E-state index in [0.29, 0.717) is 12.0 Å². The molecule has 1 N–H and O–H groups in total. The monoisotopic (exact) mass is 234 g/mol. The van der Waals surface area contributed by atoms with Crippen LogP contribution in [0.25, 0.3) is 10.1 Å². The molecule has 0 amide bonds. The van der Waals surface area contributed by atoms with Crippen LogP contribution in [-0.2, 0) is 0 Å². The van der Waals surface area contributed by atoms with Gasteiger partial charge in [-0.25, -0.2) is 0 Å². The van der Waals surface area contributed by atoms with Crippen LogP contribution in [0.1, 0.15) is 31.9 Å². The molecule has 2 atom stereocenters. The highest BCUT2D eigenvalue weighted by Crippen LogP contribution is 2.30. The lowest BCUT2D eigenvalue weighted by atomic mass is 9.92. The highest BCUT2D eigenvalue weighted by Gasteiger charge is 2.19. The maximum absolute atomic E-state index is 4.59. The number of aromatic nitrogens is 1. The lowest BCUT2D eigenvalue weighted by molar-refractivity contribution is 0.477. The van der Waals surface area contributed by atoms with Gasteiger partial charge in [0, 0.05) is 28.2 Å². The fraction of sp³-hybridized carbons (Fsp3) is 0.462. The minimum absolute atomic E-state index is 0.461. The summed E-state index contributed by atoms with van der Waals surface area (Å²) in [6.07, 6.45) is 3.04. The Bertz CT molecular complexity index is 464. The highest BCUT2D eigenvalue weighted by molar-refractivity contribution is 7.17. The Hall–Kier alpha value is -0.930. The average Bonchev–Trinajstić information content (AvgIpc) is 2.78. The fourth-order valence-electron chi connectivity index (χ4n) is 2.20. The number of rotatable bonds is 4. The standard InChI is InChI=1S/C13H18N2S/c1-4-10(9(2)14-3)13-11-6-8-16-12(11)5-7-15-13/h5-10,14H,4H2,1-3H3. The molecule has 2 aromatic rings. The molecule has 2 aromatic heterocycles. The first kappa shape index (κ1) is 11.6. The van der Waals surface area contributed by atoms with Gasteiger partial charge in [0.05, 0.1) is 5.69 Å². The van der Waals surface area contributed by atoms with Gasteiger partial charge >= 0.3 is 0 Å². The second-order valence-electron chi connectivity index (χ2n) is 4.12. The molecule has 0 spiro atoms. The van der Waals surface area contributed by atoms with E-state index >= 15 is 0 Å². The number of likely N-dealkylation sites (N-methyl/N-ethyl adjacent to an activating group) is 1. The molecular weight excluding hydrogens is 216 g/mol. The summed E-state index contributed by atoms with van der Waals surface area (Å²) >= 11 is 1.79. The summed E-state index contributed by atoms with van der Waals surface area (Å²) in [6.45, 7) is 4.45. The zero-order valence-corrected chi connectivity index (χ0v) is 10.8. The van der Waals surface area contributed by atoms with Crippen molar-refractivity contribution in [1.82, 2.24) is 10.3 Å². The summed E-state index contributed by atoms with van der Waals surface area (Å²) in [5.41, 5.74) is 1.24. The molecule has 0 bridgehead atoms. The Kier molecular flexibility index (Phi) is 3.56. The normalized spacial score (nSPS) is 15.2. The number of nitrogens with one attached hydrogen (secondary N) is 1. The molecule has 2 unspecified atom stereocenters. The van der Waals surface area contributed by atoms with Gasteiger partial charge in [-0.05, 0) is 37.9 Å². The van der Waals surface area contributed by atoms with Crippen LogP contribution in [0.15, 0.2) is 23.7 Å². The molecule has 3 heteroatoms. The number of pyridine rings is 1. The summed E-state index contributed by atoms with van der Waals surface area (Å²) in [7, 11) is 2.01. The second kappa shape index (κ2) is 4.93. The van der Waals surface area contributed by atoms with Crippen LogP contribution in [0, 0.1) is 0 Å². The summed E-state index contributed by atoms with van der Waals surface area (Å²) in [5, 5.41) is 6.80. The van der Waals surface area contributed by atoms with Crippen molar-refractivity contribution >= 4 is 21.4 Å². The van der Waals surface area contributed by atoms with Crippen LogP contribution < -0.4 is 5.32 Å². The topological polar surface area (TPSA) is 24.9 Å². The van der Waals surface area contributed by atoms with Crippen LogP contribution in [0.3, 0.4) is 0 Å². The molecule has 0 aliphatic carbocycles. The summed E-state index contributed by atoms with van der Waals surface area (Å²) < 4.78 is 1.34. The maximum Gasteiger partial charge on any atom is 0.0536 e. The second-order valence-corrected chi connectivity index (χ2v) is 5.07. The minimum Gasteiger partial charge on any atom is -0.317 e. The third kappa shape index (κ3) is 1.97. The van der Waals surface area contributed by atoms with E-state index in [4.69, 9.17) is 0 Å². The van der Waals surface area contributed by atoms with Crippen LogP contribution in [0.5, 0.6) is 0 Å². The van der Waals surface area contributed by atoms with E-state index in [-0.39, 0.29) is 0 Å². The van der Waals surface area contributed by atoms with Gasteiger partial charge in [-0.15, -0.1) is 11.3 Å². The largest absolute Gasteiger partial charge is 0.317 e. The van der Waals surface area contributed by atoms with Crippen molar-refractivity contribution in [3.05, 3.63) is 29.4 Å². The molecule has 0 fully saturated rings. The number of fused-ring (bicyclic) bond motifs is 1. The van der Waals surface area contributed by atoms with Crippen molar-refractivity contribution < 1.29 is 0 Å². The summed E-state index contributed by atoms with van der Waals surface area (Å²) in [6, 6.07) is 4.75. The van der Waals surface area contributed by atoms with Gasteiger partial charge in [-0.3, -0.25) is 4.98 Å². The lowest BCUT2D eigenvalue weighted by Crippen LogP contribution is -2.29. The van der Waals surface area contributed by atoms with E-state index in [0.717, 1.165) is 6.42 Å². The van der Waals surface area contributed by atoms with E-state index in [1.165, 1.54) is 15.8 Å². The Morgan fingerprint density at radius 3 is 2.94 bits per heavy atom. The zero-order valence-electron chi connectivity index (χ0n) is 10.0. The molecule has 2 heterocycles. The Labute approximate surface area is 101 Å². The van der Waals surface area contributed by atoms with Gasteiger partial charge < -0.3 is 5.32 Å². The Morgan fingerprint density at radius 2 is 2.25 bits per heavy atom. The van der Waals surface area contributed by atoms with Crippen LogP contribution >= 0.6 is 11.3 Å². The third-order valence-electron chi connectivity index (χ3n) is 3.26. The van der Waals surface area contributed by atoms with Crippen molar-refractivity contribution in [3.8, 4) is 0 Å². The first-order chi connectivity index (χ1) is 7.77. The predicted molar refractivity (Wildman–Crippen MR) is 71.2 cm³/mol. The van der Waals surface area contributed by atoms with Crippen molar-refractivity contribution in [2.75, 3.05) is 7.05 Å². The van der Waals surface area contributed by atoms with Gasteiger partial charge in [0.2, 0.25) is 0 Å². The van der Waals surface area contributed by atoms with Crippen LogP contribution in [0.4, 0.5) is 0 Å². The number of nitrogens with zero attached hydrogens (tertiary/aromatic N) is 1. The van der Waals surface area contributed by atoms with Gasteiger partial charge in [0.1, 0.15) is 0 Å². The predicted octanol–water partition coefficient (Wildman–Crippen LogP) is 3.40. The quantitative estimate of drug-likeness (QED) is 0.877. The highest BCUT2D eigenvalue weighted by atomic mass is 32.1. The number of hydrogen-bond donors (Lipinski definition) is 1. The Morgan fingerprint density at radius 1 is 1.44 bits per heavy atom. The summed E-state index contributed by atoms with van der Waals surface area (Å²) in [5.74, 6) is 0.489. The SMILES string of the molecule is CCC(c1nccc2sccc12)C(C)NC. The molecule has 0 saturated carbocycles. The molecule has 0 aromatic carbocycles. The van der Waals surface area contributed by atoms with Gasteiger partial charge in [0.15, 0.2) is 0 Å². The molecule has 2 rings (SSSR count). The number of hydrogen-bond acceptors (Lipinski definition) is 3. The van der Waals surface area contributed by atoms with Crippen molar-refractivity contribution in [2.45, 2.75) is 32.2 Å². The summed E-state index contributed by atoms with van der Waals surface area (Å²) in [4.78, 5) is 4.59. The van der Waals surface area contributed by atoms with Gasteiger partial charge in [-0.2, -0.15) is 0 Å². The molecule has 0 saturated heterocycles. The first-order valence-corrected chi connectivity index (χ1v) is 6.65. The van der Waals surface area contributed by atoms with E-state index in [1.807, 2.05) is 13.2 Å². The Balaban J connectivity index is 2.48. The van der Waals surface area contributed by atoms with Gasteiger partial charge in [0.25, 0.3) is 0 Å². The third-order valence-corrected chi connectivity index (χ3v) is 4.14. The molecule has 86 valence electrons. The fourth-order valence-corrected chi connectivity index (χ4v) is 2.99. The van der Waals surface area contributed by atoms with Crippen LogP contribution in [-0.4, -0.2) is 18.1 Å². The molecular formula is C13H18N2S.